The normalized spacial score (nSPS) is 14.6. The summed E-state index contributed by atoms with van der Waals surface area (Å²) in [7, 11) is 3.19. The lowest BCUT2D eigenvalue weighted by Gasteiger charge is -2.15. The Balaban J connectivity index is 1.55. The summed E-state index contributed by atoms with van der Waals surface area (Å²) in [6.45, 7) is 4.00. The highest BCUT2D eigenvalue weighted by Crippen LogP contribution is 2.33. The van der Waals surface area contributed by atoms with Crippen LogP contribution in [0.2, 0.25) is 0 Å². The van der Waals surface area contributed by atoms with Gasteiger partial charge in [0.05, 0.1) is 19.1 Å². The van der Waals surface area contributed by atoms with Gasteiger partial charge in [0.25, 0.3) is 11.8 Å². The van der Waals surface area contributed by atoms with Gasteiger partial charge in [0.15, 0.2) is 4.32 Å². The van der Waals surface area contributed by atoms with Gasteiger partial charge in [-0.05, 0) is 92.3 Å². The smallest absolute Gasteiger partial charge is 0.285 e. The number of aryl methyl sites for hydroxylation is 1. The number of thiocarbonyl (C=S) groups is 1. The minimum absolute atomic E-state index is 0.266. The van der Waals surface area contributed by atoms with Crippen LogP contribution in [-0.4, -0.2) is 39.9 Å². The van der Waals surface area contributed by atoms with Gasteiger partial charge in [0.2, 0.25) is 0 Å². The number of methoxy groups -OCH3 is 2. The predicted molar refractivity (Wildman–Crippen MR) is 137 cm³/mol. The number of rotatable bonds is 6. The summed E-state index contributed by atoms with van der Waals surface area (Å²) in [5.41, 5.74) is 6.89. The molecule has 3 aromatic rings. The Hall–Kier alpha value is -3.56. The number of thioether (sulfide) groups is 1. The van der Waals surface area contributed by atoms with Crippen LogP contribution in [0.5, 0.6) is 11.5 Å². The highest BCUT2D eigenvalue weighted by molar-refractivity contribution is 8.26. The molecule has 1 N–H and O–H groups in total. The van der Waals surface area contributed by atoms with E-state index in [4.69, 9.17) is 21.7 Å². The van der Waals surface area contributed by atoms with Gasteiger partial charge in [-0.1, -0.05) is 11.8 Å². The molecule has 2 amide bonds. The summed E-state index contributed by atoms with van der Waals surface area (Å²) >= 11 is 6.51. The Kier molecular flexibility index (Phi) is 6.76. The number of benzene rings is 2. The molecule has 0 unspecified atom stereocenters. The molecule has 2 aromatic carbocycles. The number of nitrogens with zero attached hydrogens (tertiary/aromatic N) is 2. The molecular formula is C25H23N3O4S2. The van der Waals surface area contributed by atoms with E-state index in [1.807, 2.05) is 44.2 Å². The van der Waals surface area contributed by atoms with Crippen molar-refractivity contribution in [3.8, 4) is 17.2 Å². The van der Waals surface area contributed by atoms with Crippen LogP contribution in [0, 0.1) is 13.8 Å². The van der Waals surface area contributed by atoms with Crippen LogP contribution in [0.15, 0.2) is 59.5 Å². The van der Waals surface area contributed by atoms with E-state index in [2.05, 4.69) is 9.99 Å². The largest absolute Gasteiger partial charge is 0.497 e. The minimum atomic E-state index is -0.433. The third-order valence-corrected chi connectivity index (χ3v) is 6.75. The topological polar surface area (TPSA) is 72.8 Å². The molecule has 0 atom stereocenters. The molecule has 0 aliphatic carbocycles. The van der Waals surface area contributed by atoms with E-state index >= 15 is 0 Å². The first-order valence-electron chi connectivity index (χ1n) is 10.4. The van der Waals surface area contributed by atoms with Crippen molar-refractivity contribution in [1.82, 2.24) is 15.0 Å². The number of nitrogens with one attached hydrogen (secondary N) is 1. The van der Waals surface area contributed by atoms with E-state index < -0.39 is 5.91 Å². The van der Waals surface area contributed by atoms with E-state index in [0.717, 1.165) is 45.2 Å². The summed E-state index contributed by atoms with van der Waals surface area (Å²) in [5, 5.41) is 1.11. The van der Waals surface area contributed by atoms with E-state index in [9.17, 15) is 9.59 Å². The van der Waals surface area contributed by atoms with E-state index in [0.29, 0.717) is 16.2 Å². The van der Waals surface area contributed by atoms with Crippen LogP contribution in [-0.2, 0) is 4.79 Å². The third-order valence-electron chi connectivity index (χ3n) is 5.45. The van der Waals surface area contributed by atoms with Crippen molar-refractivity contribution in [2.75, 3.05) is 14.2 Å². The van der Waals surface area contributed by atoms with E-state index in [1.165, 1.54) is 0 Å². The molecule has 34 heavy (non-hydrogen) atoms. The molecule has 1 aliphatic rings. The maximum Gasteiger partial charge on any atom is 0.285 e. The fraction of sp³-hybridized carbons (Fsp3) is 0.160. The van der Waals surface area contributed by atoms with Gasteiger partial charge in [-0.15, -0.1) is 0 Å². The minimum Gasteiger partial charge on any atom is -0.497 e. The Morgan fingerprint density at radius 2 is 1.59 bits per heavy atom. The number of hydrogen-bond donors (Lipinski definition) is 1. The zero-order valence-corrected chi connectivity index (χ0v) is 20.8. The van der Waals surface area contributed by atoms with Gasteiger partial charge >= 0.3 is 0 Å². The first kappa shape index (κ1) is 23.6. The van der Waals surface area contributed by atoms with Gasteiger partial charge in [-0.25, -0.2) is 0 Å². The van der Waals surface area contributed by atoms with Crippen molar-refractivity contribution >= 4 is 46.2 Å². The number of aromatic nitrogens is 1. The second kappa shape index (κ2) is 9.74. The molecule has 0 saturated carbocycles. The molecular weight excluding hydrogens is 470 g/mol. The van der Waals surface area contributed by atoms with Crippen LogP contribution in [0.3, 0.4) is 0 Å². The summed E-state index contributed by atoms with van der Waals surface area (Å²) in [5.74, 6) is 0.619. The van der Waals surface area contributed by atoms with Gasteiger partial charge in [0, 0.05) is 22.6 Å². The Bertz CT molecular complexity index is 1290. The van der Waals surface area contributed by atoms with Gasteiger partial charge in [-0.2, -0.15) is 5.01 Å². The van der Waals surface area contributed by atoms with Crippen LogP contribution in [0.4, 0.5) is 0 Å². The monoisotopic (exact) mass is 493 g/mol. The zero-order chi connectivity index (χ0) is 24.4. The number of hydrazine groups is 1. The molecule has 1 aromatic heterocycles. The number of hydrogen-bond acceptors (Lipinski definition) is 6. The highest BCUT2D eigenvalue weighted by Gasteiger charge is 2.34. The van der Waals surface area contributed by atoms with Gasteiger partial charge < -0.3 is 14.0 Å². The number of ether oxygens (including phenoxy) is 2. The first-order chi connectivity index (χ1) is 16.3. The lowest BCUT2D eigenvalue weighted by atomic mass is 10.2. The Labute approximate surface area is 207 Å². The lowest BCUT2D eigenvalue weighted by Crippen LogP contribution is -2.44. The average Bonchev–Trinajstić information content (AvgIpc) is 3.27. The fourth-order valence-electron chi connectivity index (χ4n) is 3.68. The Morgan fingerprint density at radius 3 is 2.18 bits per heavy atom. The van der Waals surface area contributed by atoms with E-state index in [1.54, 1.807) is 44.6 Å². The molecule has 9 heteroatoms. The highest BCUT2D eigenvalue weighted by atomic mass is 32.2. The predicted octanol–water partition coefficient (Wildman–Crippen LogP) is 4.66. The van der Waals surface area contributed by atoms with Crippen molar-refractivity contribution in [3.63, 3.8) is 0 Å². The second-order valence-electron chi connectivity index (χ2n) is 7.55. The lowest BCUT2D eigenvalue weighted by molar-refractivity contribution is -0.123. The van der Waals surface area contributed by atoms with E-state index in [-0.39, 0.29) is 10.2 Å². The van der Waals surface area contributed by atoms with Crippen molar-refractivity contribution < 1.29 is 19.1 Å². The van der Waals surface area contributed by atoms with Gasteiger partial charge in [0.1, 0.15) is 11.5 Å². The first-order valence-corrected chi connectivity index (χ1v) is 11.6. The molecule has 1 fully saturated rings. The summed E-state index contributed by atoms with van der Waals surface area (Å²) < 4.78 is 12.7. The van der Waals surface area contributed by atoms with Crippen molar-refractivity contribution in [1.29, 1.82) is 0 Å². The van der Waals surface area contributed by atoms with Gasteiger partial charge in [-0.3, -0.25) is 15.0 Å². The van der Waals surface area contributed by atoms with Crippen molar-refractivity contribution in [3.05, 3.63) is 82.0 Å². The van der Waals surface area contributed by atoms with Crippen molar-refractivity contribution in [2.24, 2.45) is 0 Å². The molecule has 4 rings (SSSR count). The van der Waals surface area contributed by atoms with Crippen LogP contribution >= 0.6 is 24.0 Å². The van der Waals surface area contributed by atoms with Crippen LogP contribution < -0.4 is 14.9 Å². The molecule has 0 spiro atoms. The molecule has 1 saturated heterocycles. The molecule has 1 aliphatic heterocycles. The quantitative estimate of drug-likeness (QED) is 0.398. The third kappa shape index (κ3) is 4.57. The maximum atomic E-state index is 13.0. The van der Waals surface area contributed by atoms with Crippen molar-refractivity contribution in [2.45, 2.75) is 13.8 Å². The standard InChI is InChI=1S/C25H23N3O4S2/c1-15-13-18(16(2)27(15)19-7-11-21(32-4)12-8-19)14-22-24(30)28(25(33)34-22)26-23(29)17-5-9-20(31-3)10-6-17/h5-14H,1-4H3,(H,26,29)/b22-14-. The molecule has 174 valence electrons. The Morgan fingerprint density at radius 1 is 1.00 bits per heavy atom. The maximum absolute atomic E-state index is 13.0. The van der Waals surface area contributed by atoms with Crippen LogP contribution in [0.1, 0.15) is 27.3 Å². The molecule has 2 heterocycles. The summed E-state index contributed by atoms with van der Waals surface area (Å²) in [6, 6.07) is 16.4. The number of amides is 2. The molecule has 0 bridgehead atoms. The SMILES string of the molecule is COc1ccc(C(=O)NN2C(=O)/C(=C/c3cc(C)n(-c4ccc(OC)cc4)c3C)SC2=S)cc1. The second-order valence-corrected chi connectivity index (χ2v) is 9.22. The number of carbonyl (C=O) groups excluding carboxylic acids is 2. The molecule has 7 nitrogen and oxygen atoms in total. The molecule has 0 radical (unpaired) electrons. The zero-order valence-electron chi connectivity index (χ0n) is 19.1. The summed E-state index contributed by atoms with van der Waals surface area (Å²) in [4.78, 5) is 26.1. The fourth-order valence-corrected chi connectivity index (χ4v) is 4.85. The average molecular weight is 494 g/mol. The summed E-state index contributed by atoms with van der Waals surface area (Å²) in [6.07, 6.45) is 1.81. The van der Waals surface area contributed by atoms with Crippen LogP contribution in [0.25, 0.3) is 11.8 Å². The number of carbonyl (C=O) groups is 2.